The fraction of sp³-hybridized carbons (Fsp3) is 0.588. The van der Waals surface area contributed by atoms with Crippen molar-refractivity contribution in [2.75, 3.05) is 13.2 Å². The van der Waals surface area contributed by atoms with Crippen molar-refractivity contribution < 1.29 is 9.53 Å². The molecule has 1 aliphatic heterocycles. The van der Waals surface area contributed by atoms with Crippen LogP contribution in [0.3, 0.4) is 0 Å². The highest BCUT2D eigenvalue weighted by molar-refractivity contribution is 5.83. The Morgan fingerprint density at radius 3 is 2.86 bits per heavy atom. The highest BCUT2D eigenvalue weighted by Crippen LogP contribution is 2.30. The van der Waals surface area contributed by atoms with Crippen LogP contribution in [-0.2, 0) is 16.0 Å². The van der Waals surface area contributed by atoms with Gasteiger partial charge in [0.25, 0.3) is 5.91 Å². The van der Waals surface area contributed by atoms with Crippen LogP contribution in [0.2, 0.25) is 0 Å². The molecular formula is C17H24N2O2. The smallest absolute Gasteiger partial charge is 0.254 e. The van der Waals surface area contributed by atoms with Gasteiger partial charge in [0.15, 0.2) is 6.10 Å². The summed E-state index contributed by atoms with van der Waals surface area (Å²) in [5.74, 6) is 0.488. The fourth-order valence-corrected chi connectivity index (χ4v) is 3.60. The lowest BCUT2D eigenvalue weighted by molar-refractivity contribution is -0.135. The molecule has 1 aromatic rings. The minimum atomic E-state index is -0.481. The van der Waals surface area contributed by atoms with Crippen molar-refractivity contribution in [3.63, 3.8) is 0 Å². The van der Waals surface area contributed by atoms with Crippen LogP contribution >= 0.6 is 0 Å². The Kier molecular flexibility index (Phi) is 4.56. The number of nitrogens with two attached hydrogens (primary N) is 1. The lowest BCUT2D eigenvalue weighted by Gasteiger charge is -2.29. The molecule has 0 spiro atoms. The van der Waals surface area contributed by atoms with Gasteiger partial charge in [-0.05, 0) is 36.3 Å². The number of nitrogens with one attached hydrogen (secondary N) is 1. The Labute approximate surface area is 126 Å². The first kappa shape index (κ1) is 14.5. The van der Waals surface area contributed by atoms with Crippen LogP contribution in [0.15, 0.2) is 24.3 Å². The molecule has 3 rings (SSSR count). The molecule has 0 radical (unpaired) electrons. The van der Waals surface area contributed by atoms with Crippen LogP contribution in [0.5, 0.6) is 0 Å². The number of ether oxygens (including phenoxy) is 1. The predicted molar refractivity (Wildman–Crippen MR) is 81.8 cm³/mol. The molecule has 2 atom stereocenters. The van der Waals surface area contributed by atoms with E-state index in [2.05, 4.69) is 11.4 Å². The molecule has 0 bridgehead atoms. The second-order valence-electron chi connectivity index (χ2n) is 6.09. The normalized spacial score (nSPS) is 23.6. The van der Waals surface area contributed by atoms with E-state index in [1.165, 1.54) is 31.2 Å². The average molecular weight is 288 g/mol. The van der Waals surface area contributed by atoms with Crippen LogP contribution in [0.4, 0.5) is 0 Å². The maximum absolute atomic E-state index is 12.6. The summed E-state index contributed by atoms with van der Waals surface area (Å²) in [5, 5.41) is 3.13. The third-order valence-corrected chi connectivity index (χ3v) is 4.78. The summed E-state index contributed by atoms with van der Waals surface area (Å²) in [6.07, 6.45) is 5.24. The van der Waals surface area contributed by atoms with E-state index in [1.807, 2.05) is 18.2 Å². The summed E-state index contributed by atoms with van der Waals surface area (Å²) in [7, 11) is 0. The predicted octanol–water partition coefficient (Wildman–Crippen LogP) is 1.93. The maximum atomic E-state index is 12.6. The lowest BCUT2D eigenvalue weighted by Crippen LogP contribution is -2.47. The van der Waals surface area contributed by atoms with Crippen molar-refractivity contribution >= 4 is 5.91 Å². The molecular weight excluding hydrogens is 264 g/mol. The highest BCUT2D eigenvalue weighted by Gasteiger charge is 2.31. The number of amides is 1. The molecule has 0 saturated heterocycles. The maximum Gasteiger partial charge on any atom is 0.254 e. The van der Waals surface area contributed by atoms with E-state index in [0.717, 1.165) is 12.0 Å². The van der Waals surface area contributed by atoms with Gasteiger partial charge in [0, 0.05) is 12.6 Å². The Morgan fingerprint density at radius 2 is 2.10 bits per heavy atom. The highest BCUT2D eigenvalue weighted by atomic mass is 16.5. The van der Waals surface area contributed by atoms with Crippen molar-refractivity contribution in [2.24, 2.45) is 11.7 Å². The van der Waals surface area contributed by atoms with Gasteiger partial charge in [0.2, 0.25) is 0 Å². The molecule has 4 heteroatoms. The fourth-order valence-electron chi connectivity index (χ4n) is 3.60. The number of hydrogen-bond acceptors (Lipinski definition) is 3. The van der Waals surface area contributed by atoms with Gasteiger partial charge in [-0.25, -0.2) is 0 Å². The molecule has 114 valence electrons. The van der Waals surface area contributed by atoms with Gasteiger partial charge in [-0.1, -0.05) is 37.1 Å². The summed E-state index contributed by atoms with van der Waals surface area (Å²) in [4.78, 5) is 12.6. The zero-order valence-electron chi connectivity index (χ0n) is 12.4. The third kappa shape index (κ3) is 3.11. The van der Waals surface area contributed by atoms with Gasteiger partial charge >= 0.3 is 0 Å². The lowest BCUT2D eigenvalue weighted by atomic mass is 9.95. The summed E-state index contributed by atoms with van der Waals surface area (Å²) in [6.45, 7) is 1.11. The topological polar surface area (TPSA) is 64.3 Å². The molecule has 2 aliphatic rings. The number of rotatable bonds is 4. The van der Waals surface area contributed by atoms with Crippen LogP contribution in [-0.4, -0.2) is 25.1 Å². The number of carbonyl (C=O) groups excluding carboxylic acids is 1. The third-order valence-electron chi connectivity index (χ3n) is 4.78. The zero-order valence-corrected chi connectivity index (χ0v) is 12.4. The van der Waals surface area contributed by atoms with Crippen LogP contribution in [0.1, 0.15) is 42.9 Å². The molecule has 0 aromatic heterocycles. The monoisotopic (exact) mass is 288 g/mol. The van der Waals surface area contributed by atoms with Gasteiger partial charge in [0.1, 0.15) is 0 Å². The van der Waals surface area contributed by atoms with E-state index in [9.17, 15) is 4.79 Å². The Hall–Kier alpha value is -1.39. The number of fused-ring (bicyclic) bond motifs is 1. The van der Waals surface area contributed by atoms with E-state index in [0.29, 0.717) is 19.1 Å². The number of carbonyl (C=O) groups is 1. The SMILES string of the molecule is NCC(NC(=O)C1OCCc2ccccc21)C1CCCC1. The standard InChI is InChI=1S/C17H24N2O2/c18-11-15(13-6-1-2-7-13)19-17(20)16-14-8-4-3-5-12(14)9-10-21-16/h3-5,8,13,15-16H,1-2,6-7,9-11,18H2,(H,19,20). The molecule has 1 heterocycles. The molecule has 1 aromatic carbocycles. The van der Waals surface area contributed by atoms with Gasteiger partial charge in [-0.3, -0.25) is 4.79 Å². The second-order valence-corrected chi connectivity index (χ2v) is 6.09. The quantitative estimate of drug-likeness (QED) is 0.890. The van der Waals surface area contributed by atoms with Crippen molar-refractivity contribution in [3.05, 3.63) is 35.4 Å². The Balaban J connectivity index is 1.70. The van der Waals surface area contributed by atoms with Crippen molar-refractivity contribution in [1.82, 2.24) is 5.32 Å². The second kappa shape index (κ2) is 6.58. The van der Waals surface area contributed by atoms with E-state index in [-0.39, 0.29) is 11.9 Å². The summed E-state index contributed by atoms with van der Waals surface area (Å²) in [5.41, 5.74) is 8.09. The Morgan fingerprint density at radius 1 is 1.33 bits per heavy atom. The number of hydrogen-bond donors (Lipinski definition) is 2. The van der Waals surface area contributed by atoms with Crippen LogP contribution in [0.25, 0.3) is 0 Å². The first-order valence-electron chi connectivity index (χ1n) is 7.99. The first-order valence-corrected chi connectivity index (χ1v) is 7.99. The average Bonchev–Trinajstić information content (AvgIpc) is 3.06. The van der Waals surface area contributed by atoms with Crippen molar-refractivity contribution in [1.29, 1.82) is 0 Å². The van der Waals surface area contributed by atoms with Crippen molar-refractivity contribution in [2.45, 2.75) is 44.2 Å². The molecule has 1 saturated carbocycles. The molecule has 21 heavy (non-hydrogen) atoms. The minimum Gasteiger partial charge on any atom is -0.363 e. The zero-order chi connectivity index (χ0) is 14.7. The Bertz CT molecular complexity index is 497. The van der Waals surface area contributed by atoms with Crippen LogP contribution < -0.4 is 11.1 Å². The summed E-state index contributed by atoms with van der Waals surface area (Å²) < 4.78 is 5.72. The van der Waals surface area contributed by atoms with Gasteiger partial charge in [-0.15, -0.1) is 0 Å². The largest absolute Gasteiger partial charge is 0.363 e. The first-order chi connectivity index (χ1) is 10.3. The van der Waals surface area contributed by atoms with E-state index in [4.69, 9.17) is 10.5 Å². The van der Waals surface area contributed by atoms with Crippen LogP contribution in [0, 0.1) is 5.92 Å². The van der Waals surface area contributed by atoms with Gasteiger partial charge in [-0.2, -0.15) is 0 Å². The van der Waals surface area contributed by atoms with E-state index < -0.39 is 6.10 Å². The molecule has 1 aliphatic carbocycles. The van der Waals surface area contributed by atoms with Gasteiger partial charge < -0.3 is 15.8 Å². The van der Waals surface area contributed by atoms with Crippen molar-refractivity contribution in [3.8, 4) is 0 Å². The molecule has 1 fully saturated rings. The summed E-state index contributed by atoms with van der Waals surface area (Å²) >= 11 is 0. The molecule has 1 amide bonds. The summed E-state index contributed by atoms with van der Waals surface area (Å²) in [6, 6.07) is 8.13. The molecule has 3 N–H and O–H groups in total. The molecule has 4 nitrogen and oxygen atoms in total. The minimum absolute atomic E-state index is 0.0375. The molecule has 2 unspecified atom stereocenters. The van der Waals surface area contributed by atoms with E-state index >= 15 is 0 Å². The van der Waals surface area contributed by atoms with Gasteiger partial charge in [0.05, 0.1) is 6.61 Å². The number of benzene rings is 1. The van der Waals surface area contributed by atoms with E-state index in [1.54, 1.807) is 0 Å².